The largest absolute Gasteiger partial charge is 0.456 e. The maximum atomic E-state index is 6.71. The second-order valence-electron chi connectivity index (χ2n) is 19.9. The zero-order valence-electron chi connectivity index (χ0n) is 39.8. The summed E-state index contributed by atoms with van der Waals surface area (Å²) in [4.78, 5) is 16.2. The molecule has 0 unspecified atom stereocenters. The second-order valence-corrected chi connectivity index (χ2v) is 21.0. The highest BCUT2D eigenvalue weighted by atomic mass is 32.1. The Labute approximate surface area is 422 Å². The number of rotatable bonds is 5. The van der Waals surface area contributed by atoms with Gasteiger partial charge >= 0.3 is 0 Å². The first-order chi connectivity index (χ1) is 35.9. The summed E-state index contributed by atoms with van der Waals surface area (Å²) in [6, 6.07) is 76.5. The van der Waals surface area contributed by atoms with E-state index >= 15 is 0 Å². The van der Waals surface area contributed by atoms with Gasteiger partial charge in [-0.1, -0.05) is 147 Å². The van der Waals surface area contributed by atoms with Crippen LogP contribution in [0, 0.1) is 0 Å². The van der Waals surface area contributed by atoms with Crippen LogP contribution < -0.4 is 0 Å². The molecule has 0 bridgehead atoms. The summed E-state index contributed by atoms with van der Waals surface area (Å²) in [5, 5.41) is 9.19. The van der Waals surface area contributed by atoms with Crippen LogP contribution in [0.2, 0.25) is 0 Å². The van der Waals surface area contributed by atoms with Crippen LogP contribution in [0.3, 0.4) is 0 Å². The monoisotopic (exact) mass is 951 g/mol. The summed E-state index contributed by atoms with van der Waals surface area (Å²) in [5.41, 5.74) is 16.4. The number of benzene rings is 10. The first kappa shape index (κ1) is 40.5. The van der Waals surface area contributed by atoms with Gasteiger partial charge < -0.3 is 8.98 Å². The number of hydrogen-bond acceptors (Lipinski definition) is 5. The molecule has 0 saturated carbocycles. The fourth-order valence-electron chi connectivity index (χ4n) is 12.2. The van der Waals surface area contributed by atoms with Crippen LogP contribution in [0.25, 0.3) is 142 Å². The quantitative estimate of drug-likeness (QED) is 0.172. The minimum Gasteiger partial charge on any atom is -0.456 e. The number of hydrogen-bond donors (Lipinski definition) is 0. The molecule has 5 aromatic heterocycles. The molecule has 0 spiro atoms. The molecular formula is C66H41N5OS. The van der Waals surface area contributed by atoms with Crippen molar-refractivity contribution in [1.29, 1.82) is 0 Å². The lowest BCUT2D eigenvalue weighted by Gasteiger charge is -2.21. The Hall–Kier alpha value is -9.17. The van der Waals surface area contributed by atoms with Gasteiger partial charge in [0.2, 0.25) is 5.95 Å². The molecule has 0 amide bonds. The minimum absolute atomic E-state index is 0.125. The van der Waals surface area contributed by atoms with E-state index in [2.05, 4.69) is 223 Å². The van der Waals surface area contributed by atoms with E-state index in [1.807, 2.05) is 12.1 Å². The fourth-order valence-corrected chi connectivity index (χ4v) is 13.3. The van der Waals surface area contributed by atoms with Gasteiger partial charge in [0, 0.05) is 74.7 Å². The molecule has 5 heterocycles. The topological polar surface area (TPSA) is 61.7 Å². The predicted octanol–water partition coefficient (Wildman–Crippen LogP) is 17.6. The van der Waals surface area contributed by atoms with Crippen molar-refractivity contribution in [3.63, 3.8) is 0 Å². The summed E-state index contributed by atoms with van der Waals surface area (Å²) in [7, 11) is 0. The maximum Gasteiger partial charge on any atom is 0.238 e. The van der Waals surface area contributed by atoms with E-state index in [0.717, 1.165) is 71.7 Å². The van der Waals surface area contributed by atoms with Crippen LogP contribution in [-0.2, 0) is 5.41 Å². The third-order valence-electron chi connectivity index (χ3n) is 15.6. The molecule has 0 fully saturated rings. The lowest BCUT2D eigenvalue weighted by atomic mass is 9.82. The van der Waals surface area contributed by atoms with Crippen molar-refractivity contribution in [3.05, 3.63) is 223 Å². The molecule has 16 rings (SSSR count). The predicted molar refractivity (Wildman–Crippen MR) is 303 cm³/mol. The van der Waals surface area contributed by atoms with Crippen molar-refractivity contribution in [2.75, 3.05) is 0 Å². The van der Waals surface area contributed by atoms with Gasteiger partial charge in [-0.2, -0.15) is 9.97 Å². The van der Waals surface area contributed by atoms with Gasteiger partial charge in [0.15, 0.2) is 11.6 Å². The van der Waals surface area contributed by atoms with Crippen molar-refractivity contribution >= 4 is 97.1 Å². The Morgan fingerprint density at radius 2 is 1.03 bits per heavy atom. The average molecular weight is 952 g/mol. The number of nitrogens with zero attached hydrogens (tertiary/aromatic N) is 5. The summed E-state index contributed by atoms with van der Waals surface area (Å²) in [5.74, 6) is 1.73. The summed E-state index contributed by atoms with van der Waals surface area (Å²) < 4.78 is 13.8. The van der Waals surface area contributed by atoms with Crippen LogP contribution >= 0.6 is 11.3 Å². The molecule has 0 saturated heterocycles. The number of furan rings is 1. The SMILES string of the molecule is CC1(C)c2ccccc2-c2cc3c(cc21)c1cc(-c2ccc4oc5cccc(-c6nc(-c7ccc8c(c7)sc7ccccc78)nc(-n7c8ccccc8c8ccccc87)n6)c5c4c2)ccc1n3-c1ccccc1. The van der Waals surface area contributed by atoms with Crippen LogP contribution in [0.1, 0.15) is 25.0 Å². The van der Waals surface area contributed by atoms with Crippen molar-refractivity contribution in [1.82, 2.24) is 24.1 Å². The maximum absolute atomic E-state index is 6.71. The minimum atomic E-state index is -0.125. The number of fused-ring (bicyclic) bond motifs is 15. The van der Waals surface area contributed by atoms with Gasteiger partial charge in [-0.25, -0.2) is 4.98 Å². The highest BCUT2D eigenvalue weighted by Gasteiger charge is 2.36. The number of para-hydroxylation sites is 3. The van der Waals surface area contributed by atoms with Gasteiger partial charge in [-0.15, -0.1) is 11.3 Å². The average Bonchev–Trinajstić information content (AvgIpc) is 4.23. The number of thiophene rings is 1. The van der Waals surface area contributed by atoms with E-state index in [-0.39, 0.29) is 5.41 Å². The Balaban J connectivity index is 0.902. The van der Waals surface area contributed by atoms with E-state index in [4.69, 9.17) is 19.4 Å². The molecule has 15 aromatic rings. The van der Waals surface area contributed by atoms with Crippen molar-refractivity contribution in [3.8, 4) is 56.7 Å². The normalized spacial score (nSPS) is 13.2. The molecule has 1 aliphatic rings. The van der Waals surface area contributed by atoms with Gasteiger partial charge in [0.25, 0.3) is 0 Å². The van der Waals surface area contributed by atoms with Gasteiger partial charge in [0.05, 0.1) is 22.1 Å². The summed E-state index contributed by atoms with van der Waals surface area (Å²) in [6.07, 6.45) is 0. The van der Waals surface area contributed by atoms with Crippen LogP contribution in [0.5, 0.6) is 0 Å². The molecule has 0 aliphatic heterocycles. The van der Waals surface area contributed by atoms with Crippen molar-refractivity contribution in [2.24, 2.45) is 0 Å². The van der Waals surface area contributed by atoms with E-state index in [9.17, 15) is 0 Å². The Bertz CT molecular complexity index is 4790. The van der Waals surface area contributed by atoms with E-state index in [0.29, 0.717) is 17.6 Å². The van der Waals surface area contributed by atoms with E-state index in [1.165, 1.54) is 64.2 Å². The molecule has 342 valence electrons. The third-order valence-corrected chi connectivity index (χ3v) is 16.7. The van der Waals surface area contributed by atoms with Crippen LogP contribution in [-0.4, -0.2) is 24.1 Å². The van der Waals surface area contributed by atoms with Crippen molar-refractivity contribution in [2.45, 2.75) is 19.3 Å². The smallest absolute Gasteiger partial charge is 0.238 e. The molecule has 7 heteroatoms. The van der Waals surface area contributed by atoms with Gasteiger partial charge in [0.1, 0.15) is 11.2 Å². The zero-order valence-corrected chi connectivity index (χ0v) is 40.6. The lowest BCUT2D eigenvalue weighted by Crippen LogP contribution is -2.14. The molecule has 0 atom stereocenters. The molecule has 73 heavy (non-hydrogen) atoms. The first-order valence-corrected chi connectivity index (χ1v) is 25.6. The second kappa shape index (κ2) is 14.9. The molecule has 0 radical (unpaired) electrons. The molecule has 6 nitrogen and oxygen atoms in total. The van der Waals surface area contributed by atoms with E-state index < -0.39 is 0 Å². The summed E-state index contributed by atoms with van der Waals surface area (Å²) >= 11 is 1.79. The van der Waals surface area contributed by atoms with Crippen LogP contribution in [0.15, 0.2) is 217 Å². The van der Waals surface area contributed by atoms with E-state index in [1.54, 1.807) is 11.3 Å². The number of aromatic nitrogens is 5. The Morgan fingerprint density at radius 1 is 0.384 bits per heavy atom. The molecule has 0 N–H and O–H groups in total. The van der Waals surface area contributed by atoms with Gasteiger partial charge in [-0.05, 0) is 112 Å². The standard InChI is InChI=1S/C66H41N5OS/c1-66(2)52-22-10-6-17-42(52)48-37-57-50(36-53(48)66)49-33-38(28-31-56(49)70(57)41-15-4-3-5-16-41)39-29-32-58-51(34-39)62-47(21-14-25-59(62)72-58)64-67-63(40-27-30-46-45-20-9-13-26-60(45)73-61(46)35-40)68-65(69-64)71-54-23-11-7-18-43(54)44-19-8-12-24-55(44)71/h3-37H,1-2H3. The lowest BCUT2D eigenvalue weighted by molar-refractivity contribution is 0.661. The molecule has 10 aromatic carbocycles. The molecule has 1 aliphatic carbocycles. The third kappa shape index (κ3) is 5.82. The van der Waals surface area contributed by atoms with Crippen LogP contribution in [0.4, 0.5) is 0 Å². The zero-order chi connectivity index (χ0) is 48.1. The first-order valence-electron chi connectivity index (χ1n) is 24.8. The highest BCUT2D eigenvalue weighted by Crippen LogP contribution is 2.51. The molecular weight excluding hydrogens is 911 g/mol. The highest BCUT2D eigenvalue weighted by molar-refractivity contribution is 7.25. The fraction of sp³-hybridized carbons (Fsp3) is 0.0455. The van der Waals surface area contributed by atoms with Gasteiger partial charge in [-0.3, -0.25) is 4.57 Å². The summed E-state index contributed by atoms with van der Waals surface area (Å²) in [6.45, 7) is 4.72. The Morgan fingerprint density at radius 3 is 1.86 bits per heavy atom. The Kier molecular flexibility index (Phi) is 8.29. The van der Waals surface area contributed by atoms with Crippen molar-refractivity contribution < 1.29 is 4.42 Å².